The van der Waals surface area contributed by atoms with Gasteiger partial charge in [-0.1, -0.05) is 37.0 Å². The summed E-state index contributed by atoms with van der Waals surface area (Å²) < 4.78 is 0. The number of aromatic nitrogens is 1. The van der Waals surface area contributed by atoms with E-state index in [4.69, 9.17) is 0 Å². The number of anilines is 1. The Hall–Kier alpha value is -2.69. The van der Waals surface area contributed by atoms with Crippen molar-refractivity contribution in [1.29, 1.82) is 0 Å². The third-order valence-corrected chi connectivity index (χ3v) is 5.12. The van der Waals surface area contributed by atoms with Gasteiger partial charge in [0.1, 0.15) is 0 Å². The molecule has 0 atom stereocenters. The second-order valence-electron chi connectivity index (χ2n) is 7.50. The maximum absolute atomic E-state index is 12.7. The van der Waals surface area contributed by atoms with E-state index in [-0.39, 0.29) is 17.9 Å². The first-order valence-electron chi connectivity index (χ1n) is 9.59. The van der Waals surface area contributed by atoms with Crippen molar-refractivity contribution in [2.45, 2.75) is 58.9 Å². The van der Waals surface area contributed by atoms with Gasteiger partial charge in [-0.05, 0) is 50.8 Å². The quantitative estimate of drug-likeness (QED) is 0.847. The molecule has 2 aromatic rings. The van der Waals surface area contributed by atoms with Gasteiger partial charge < -0.3 is 10.6 Å². The maximum atomic E-state index is 12.7. The molecule has 1 fully saturated rings. The molecule has 0 bridgehead atoms. The monoisotopic (exact) mass is 365 g/mol. The average Bonchev–Trinajstić information content (AvgIpc) is 2.65. The molecule has 3 rings (SSSR count). The molecule has 2 N–H and O–H groups in total. The van der Waals surface area contributed by atoms with E-state index in [0.29, 0.717) is 11.1 Å². The van der Waals surface area contributed by atoms with E-state index >= 15 is 0 Å². The van der Waals surface area contributed by atoms with E-state index in [2.05, 4.69) is 15.6 Å². The minimum Gasteiger partial charge on any atom is -0.349 e. The van der Waals surface area contributed by atoms with Crippen molar-refractivity contribution in [3.05, 3.63) is 58.4 Å². The number of carbonyl (C=O) groups excluding carboxylic acids is 2. The minimum atomic E-state index is -0.259. The molecule has 0 unspecified atom stereocenters. The Morgan fingerprint density at radius 1 is 0.889 bits per heavy atom. The number of pyridine rings is 1. The van der Waals surface area contributed by atoms with Gasteiger partial charge in [0.15, 0.2) is 0 Å². The number of benzene rings is 1. The Balaban J connectivity index is 1.73. The second kappa shape index (κ2) is 8.33. The molecule has 0 saturated heterocycles. The molecule has 1 aromatic heterocycles. The lowest BCUT2D eigenvalue weighted by molar-refractivity contribution is 0.0927. The van der Waals surface area contributed by atoms with E-state index < -0.39 is 0 Å². The fraction of sp³-hybridized carbons (Fsp3) is 0.409. The first kappa shape index (κ1) is 19.1. The van der Waals surface area contributed by atoms with Crippen molar-refractivity contribution in [3.8, 4) is 0 Å². The van der Waals surface area contributed by atoms with Gasteiger partial charge in [0.2, 0.25) is 0 Å². The molecule has 142 valence electrons. The lowest BCUT2D eigenvalue weighted by Gasteiger charge is -2.22. The van der Waals surface area contributed by atoms with Gasteiger partial charge in [0, 0.05) is 24.1 Å². The molecule has 27 heavy (non-hydrogen) atoms. The van der Waals surface area contributed by atoms with Crippen molar-refractivity contribution in [2.75, 3.05) is 5.32 Å². The van der Waals surface area contributed by atoms with Crippen molar-refractivity contribution in [2.24, 2.45) is 0 Å². The maximum Gasteiger partial charge on any atom is 0.257 e. The van der Waals surface area contributed by atoms with Gasteiger partial charge >= 0.3 is 0 Å². The lowest BCUT2D eigenvalue weighted by atomic mass is 9.95. The first-order chi connectivity index (χ1) is 12.9. The molecule has 5 heteroatoms. The third kappa shape index (κ3) is 4.73. The van der Waals surface area contributed by atoms with Gasteiger partial charge in [0.05, 0.1) is 11.1 Å². The number of aryl methyl sites for hydroxylation is 3. The predicted octanol–water partition coefficient (Wildman–Crippen LogP) is 4.32. The number of hydrogen-bond donors (Lipinski definition) is 2. The standard InChI is InChI=1S/C22H27N3O2/c1-14-9-15(2)20(16(3)10-14)25-22(27)18-11-17(12-23-13-18)21(26)24-19-7-5-4-6-8-19/h9-13,19H,4-8H2,1-3H3,(H,24,26)(H,25,27). The molecule has 1 heterocycles. The average molecular weight is 365 g/mol. The number of nitrogens with zero attached hydrogens (tertiary/aromatic N) is 1. The molecule has 0 radical (unpaired) electrons. The van der Waals surface area contributed by atoms with Crippen molar-refractivity contribution >= 4 is 17.5 Å². The molecule has 0 aliphatic heterocycles. The summed E-state index contributed by atoms with van der Waals surface area (Å²) >= 11 is 0. The molecular weight excluding hydrogens is 338 g/mol. The van der Waals surface area contributed by atoms with Crippen LogP contribution >= 0.6 is 0 Å². The van der Waals surface area contributed by atoms with Crippen LogP contribution in [0.3, 0.4) is 0 Å². The van der Waals surface area contributed by atoms with Crippen molar-refractivity contribution in [1.82, 2.24) is 10.3 Å². The summed E-state index contributed by atoms with van der Waals surface area (Å²) in [6, 6.07) is 5.91. The fourth-order valence-corrected chi connectivity index (χ4v) is 3.77. The highest BCUT2D eigenvalue weighted by Crippen LogP contribution is 2.23. The summed E-state index contributed by atoms with van der Waals surface area (Å²) in [4.78, 5) is 29.3. The Morgan fingerprint density at radius 2 is 1.48 bits per heavy atom. The molecule has 2 amide bonds. The number of amides is 2. The zero-order chi connectivity index (χ0) is 19.4. The van der Waals surface area contributed by atoms with Crippen LogP contribution in [0.1, 0.15) is 69.5 Å². The third-order valence-electron chi connectivity index (χ3n) is 5.12. The van der Waals surface area contributed by atoms with Gasteiger partial charge in [-0.15, -0.1) is 0 Å². The summed E-state index contributed by atoms with van der Waals surface area (Å²) in [6.45, 7) is 5.98. The first-order valence-corrected chi connectivity index (χ1v) is 9.59. The minimum absolute atomic E-state index is 0.160. The normalized spacial score (nSPS) is 14.6. The topological polar surface area (TPSA) is 71.1 Å². The Labute approximate surface area is 160 Å². The van der Waals surface area contributed by atoms with Crippen LogP contribution in [-0.2, 0) is 0 Å². The van der Waals surface area contributed by atoms with E-state index in [1.165, 1.54) is 18.8 Å². The van der Waals surface area contributed by atoms with Gasteiger partial charge in [-0.3, -0.25) is 14.6 Å². The Morgan fingerprint density at radius 3 is 2.11 bits per heavy atom. The summed E-state index contributed by atoms with van der Waals surface area (Å²) in [6.07, 6.45) is 8.59. The van der Waals surface area contributed by atoms with Crippen LogP contribution in [0.15, 0.2) is 30.6 Å². The molecule has 1 saturated carbocycles. The Bertz CT molecular complexity index is 831. The molecule has 5 nitrogen and oxygen atoms in total. The summed E-state index contributed by atoms with van der Waals surface area (Å²) in [7, 11) is 0. The highest BCUT2D eigenvalue weighted by Gasteiger charge is 2.18. The van der Waals surface area contributed by atoms with Crippen LogP contribution in [0.25, 0.3) is 0 Å². The largest absolute Gasteiger partial charge is 0.349 e. The summed E-state index contributed by atoms with van der Waals surface area (Å²) in [5.74, 6) is -0.420. The summed E-state index contributed by atoms with van der Waals surface area (Å²) in [5, 5.41) is 6.02. The second-order valence-corrected chi connectivity index (χ2v) is 7.50. The van der Waals surface area contributed by atoms with E-state index in [1.807, 2.05) is 32.9 Å². The molecule has 1 aromatic carbocycles. The van der Waals surface area contributed by atoms with Crippen molar-refractivity contribution in [3.63, 3.8) is 0 Å². The van der Waals surface area contributed by atoms with Crippen molar-refractivity contribution < 1.29 is 9.59 Å². The molecule has 1 aliphatic rings. The summed E-state index contributed by atoms with van der Waals surface area (Å²) in [5.41, 5.74) is 4.80. The highest BCUT2D eigenvalue weighted by atomic mass is 16.2. The van der Waals surface area contributed by atoms with E-state index in [0.717, 1.165) is 48.1 Å². The van der Waals surface area contributed by atoms with Gasteiger partial charge in [-0.2, -0.15) is 0 Å². The smallest absolute Gasteiger partial charge is 0.257 e. The van der Waals surface area contributed by atoms with Gasteiger partial charge in [0.25, 0.3) is 11.8 Å². The molecule has 1 aliphatic carbocycles. The van der Waals surface area contributed by atoms with Crippen LogP contribution in [0, 0.1) is 20.8 Å². The lowest BCUT2D eigenvalue weighted by Crippen LogP contribution is -2.36. The zero-order valence-electron chi connectivity index (χ0n) is 16.3. The SMILES string of the molecule is Cc1cc(C)c(NC(=O)c2cncc(C(=O)NC3CCCCC3)c2)c(C)c1. The fourth-order valence-electron chi connectivity index (χ4n) is 3.77. The predicted molar refractivity (Wildman–Crippen MR) is 107 cm³/mol. The number of rotatable bonds is 4. The van der Waals surface area contributed by atoms with Crippen LogP contribution < -0.4 is 10.6 Å². The van der Waals surface area contributed by atoms with Gasteiger partial charge in [-0.25, -0.2) is 0 Å². The van der Waals surface area contributed by atoms with Crippen LogP contribution in [0.2, 0.25) is 0 Å². The van der Waals surface area contributed by atoms with Crippen LogP contribution in [0.4, 0.5) is 5.69 Å². The highest BCUT2D eigenvalue weighted by molar-refractivity contribution is 6.06. The zero-order valence-corrected chi connectivity index (χ0v) is 16.3. The molecular formula is C22H27N3O2. The van der Waals surface area contributed by atoms with E-state index in [1.54, 1.807) is 6.07 Å². The molecule has 0 spiro atoms. The van der Waals surface area contributed by atoms with E-state index in [9.17, 15) is 9.59 Å². The van der Waals surface area contributed by atoms with Crippen LogP contribution in [0.5, 0.6) is 0 Å². The number of nitrogens with one attached hydrogen (secondary N) is 2. The number of carbonyl (C=O) groups is 2. The van der Waals surface area contributed by atoms with Crippen LogP contribution in [-0.4, -0.2) is 22.8 Å². The Kier molecular flexibility index (Phi) is 5.89. The number of hydrogen-bond acceptors (Lipinski definition) is 3.